The first-order chi connectivity index (χ1) is 9.79. The zero-order valence-electron chi connectivity index (χ0n) is 13.1. The van der Waals surface area contributed by atoms with Crippen LogP contribution in [-0.4, -0.2) is 20.7 Å². The summed E-state index contributed by atoms with van der Waals surface area (Å²) in [5, 5.41) is 4.24. The first-order valence-electron chi connectivity index (χ1n) is 6.99. The number of hydrogen-bond donors (Lipinski definition) is 1. The van der Waals surface area contributed by atoms with Crippen molar-refractivity contribution < 1.29 is 4.74 Å². The average molecular weight is 306 g/mol. The third-order valence-electron chi connectivity index (χ3n) is 2.97. The first-order valence-corrected chi connectivity index (χ1v) is 7.76. The van der Waals surface area contributed by atoms with Gasteiger partial charge in [0.1, 0.15) is 5.75 Å². The van der Waals surface area contributed by atoms with Crippen molar-refractivity contribution in [3.63, 3.8) is 0 Å². The minimum absolute atomic E-state index is 0.0839. The van der Waals surface area contributed by atoms with E-state index in [1.807, 2.05) is 19.9 Å². The zero-order chi connectivity index (χ0) is 15.6. The lowest BCUT2D eigenvalue weighted by atomic mass is 9.89. The number of aromatic nitrogens is 3. The van der Waals surface area contributed by atoms with Crippen molar-refractivity contribution in [1.82, 2.24) is 14.6 Å². The van der Waals surface area contributed by atoms with Gasteiger partial charge < -0.3 is 10.5 Å². The summed E-state index contributed by atoms with van der Waals surface area (Å²) in [6.07, 6.45) is 3.57. The van der Waals surface area contributed by atoms with E-state index in [0.717, 1.165) is 21.9 Å². The molecule has 0 aliphatic heterocycles. The molecule has 0 aliphatic rings. The molecule has 6 heteroatoms. The number of rotatable bonds is 4. The fourth-order valence-electron chi connectivity index (χ4n) is 2.02. The molecule has 0 bridgehead atoms. The van der Waals surface area contributed by atoms with Crippen molar-refractivity contribution in [3.8, 4) is 5.75 Å². The number of nitrogens with zero attached hydrogens (tertiary/aromatic N) is 3. The Kier molecular flexibility index (Phi) is 4.58. The summed E-state index contributed by atoms with van der Waals surface area (Å²) in [4.78, 5) is 5.20. The molecule has 0 fully saturated rings. The summed E-state index contributed by atoms with van der Waals surface area (Å²) in [5.74, 6) is 0.729. The normalized spacial score (nSPS) is 13.5. The summed E-state index contributed by atoms with van der Waals surface area (Å²) in [7, 11) is 0. The van der Waals surface area contributed by atoms with Gasteiger partial charge in [-0.1, -0.05) is 25.3 Å². The van der Waals surface area contributed by atoms with E-state index in [-0.39, 0.29) is 17.6 Å². The van der Waals surface area contributed by atoms with Gasteiger partial charge in [-0.3, -0.25) is 4.98 Å². The smallest absolute Gasteiger partial charge is 0.138 e. The Labute approximate surface area is 129 Å². The van der Waals surface area contributed by atoms with E-state index in [2.05, 4.69) is 35.3 Å². The zero-order valence-corrected chi connectivity index (χ0v) is 13.9. The van der Waals surface area contributed by atoms with Crippen LogP contribution in [0.2, 0.25) is 0 Å². The highest BCUT2D eigenvalue weighted by atomic mass is 32.1. The van der Waals surface area contributed by atoms with Crippen LogP contribution < -0.4 is 10.5 Å². The summed E-state index contributed by atoms with van der Waals surface area (Å²) in [6.45, 7) is 10.3. The van der Waals surface area contributed by atoms with E-state index in [9.17, 15) is 0 Å². The minimum Gasteiger partial charge on any atom is -0.489 e. The molecule has 0 aliphatic carbocycles. The molecule has 0 saturated carbocycles. The molecule has 114 valence electrons. The largest absolute Gasteiger partial charge is 0.489 e. The van der Waals surface area contributed by atoms with Crippen LogP contribution in [0.15, 0.2) is 18.5 Å². The molecular formula is C15H22N4OS. The van der Waals surface area contributed by atoms with E-state index in [4.69, 9.17) is 10.5 Å². The summed E-state index contributed by atoms with van der Waals surface area (Å²) in [6, 6.07) is 1.64. The van der Waals surface area contributed by atoms with Gasteiger partial charge in [-0.2, -0.15) is 0 Å². The molecule has 0 spiro atoms. The first kappa shape index (κ1) is 15.9. The van der Waals surface area contributed by atoms with Crippen LogP contribution in [0, 0.1) is 0 Å². The van der Waals surface area contributed by atoms with Gasteiger partial charge >= 0.3 is 0 Å². The second-order valence-corrected chi connectivity index (χ2v) is 7.12. The topological polar surface area (TPSA) is 73.9 Å². The molecule has 1 unspecified atom stereocenters. The Balaban J connectivity index is 2.32. The summed E-state index contributed by atoms with van der Waals surface area (Å²) >= 11 is 1.34. The van der Waals surface area contributed by atoms with Crippen molar-refractivity contribution in [2.24, 2.45) is 5.73 Å². The molecule has 0 aromatic carbocycles. The van der Waals surface area contributed by atoms with Crippen LogP contribution in [0.3, 0.4) is 0 Å². The minimum atomic E-state index is -0.289. The van der Waals surface area contributed by atoms with Crippen molar-refractivity contribution >= 4 is 11.5 Å². The van der Waals surface area contributed by atoms with Gasteiger partial charge in [0.15, 0.2) is 0 Å². The second kappa shape index (κ2) is 6.07. The Morgan fingerprint density at radius 3 is 2.57 bits per heavy atom. The molecule has 5 nitrogen and oxygen atoms in total. The van der Waals surface area contributed by atoms with Crippen molar-refractivity contribution in [2.75, 3.05) is 0 Å². The Hall–Kier alpha value is -1.53. The quantitative estimate of drug-likeness (QED) is 0.939. The number of nitrogens with two attached hydrogens (primary N) is 1. The maximum Gasteiger partial charge on any atom is 0.138 e. The van der Waals surface area contributed by atoms with E-state index in [1.165, 1.54) is 11.5 Å². The number of hydrogen-bond acceptors (Lipinski definition) is 6. The molecule has 21 heavy (non-hydrogen) atoms. The van der Waals surface area contributed by atoms with Gasteiger partial charge in [0.25, 0.3) is 0 Å². The highest BCUT2D eigenvalue weighted by Crippen LogP contribution is 2.32. The molecule has 1 atom stereocenters. The predicted molar refractivity (Wildman–Crippen MR) is 84.6 cm³/mol. The highest BCUT2D eigenvalue weighted by Gasteiger charge is 2.26. The van der Waals surface area contributed by atoms with Gasteiger partial charge in [-0.25, -0.2) is 0 Å². The SMILES string of the molecule is CC(C)Oc1cncc(C(N)c2snnc2C(C)(C)C)c1. The molecule has 2 rings (SSSR count). The Morgan fingerprint density at radius 1 is 1.24 bits per heavy atom. The third kappa shape index (κ3) is 3.77. The van der Waals surface area contributed by atoms with Gasteiger partial charge in [0, 0.05) is 11.6 Å². The lowest BCUT2D eigenvalue weighted by Crippen LogP contribution is -2.20. The van der Waals surface area contributed by atoms with Gasteiger partial charge in [-0.05, 0) is 37.0 Å². The van der Waals surface area contributed by atoms with Crippen molar-refractivity contribution in [1.29, 1.82) is 0 Å². The van der Waals surface area contributed by atoms with Gasteiger partial charge in [0.05, 0.1) is 28.9 Å². The van der Waals surface area contributed by atoms with Crippen LogP contribution in [-0.2, 0) is 5.41 Å². The molecule has 0 radical (unpaired) electrons. The fourth-order valence-corrected chi connectivity index (χ4v) is 2.91. The average Bonchev–Trinajstić information content (AvgIpc) is 2.86. The molecule has 0 saturated heterocycles. The molecule has 2 heterocycles. The molecule has 2 N–H and O–H groups in total. The fraction of sp³-hybridized carbons (Fsp3) is 0.533. The Bertz CT molecular complexity index is 604. The summed E-state index contributed by atoms with van der Waals surface area (Å²) in [5.41, 5.74) is 8.16. The predicted octanol–water partition coefficient (Wildman–Crippen LogP) is 3.07. The third-order valence-corrected chi connectivity index (χ3v) is 3.78. The molecule has 2 aromatic rings. The van der Waals surface area contributed by atoms with E-state index < -0.39 is 0 Å². The van der Waals surface area contributed by atoms with Gasteiger partial charge in [-0.15, -0.1) is 5.10 Å². The lowest BCUT2D eigenvalue weighted by molar-refractivity contribution is 0.241. The molecule has 2 aromatic heterocycles. The number of ether oxygens (including phenoxy) is 1. The molecule has 0 amide bonds. The van der Waals surface area contributed by atoms with E-state index in [0.29, 0.717) is 0 Å². The van der Waals surface area contributed by atoms with Crippen LogP contribution in [0.1, 0.15) is 56.8 Å². The lowest BCUT2D eigenvalue weighted by Gasteiger charge is -2.20. The molecular weight excluding hydrogens is 284 g/mol. The van der Waals surface area contributed by atoms with Crippen LogP contribution >= 0.6 is 11.5 Å². The van der Waals surface area contributed by atoms with Crippen molar-refractivity contribution in [2.45, 2.75) is 52.2 Å². The Morgan fingerprint density at radius 2 is 1.95 bits per heavy atom. The maximum atomic E-state index is 6.39. The second-order valence-electron chi connectivity index (χ2n) is 6.33. The summed E-state index contributed by atoms with van der Waals surface area (Å²) < 4.78 is 9.74. The highest BCUT2D eigenvalue weighted by molar-refractivity contribution is 7.05. The van der Waals surface area contributed by atoms with Crippen molar-refractivity contribution in [3.05, 3.63) is 34.6 Å². The van der Waals surface area contributed by atoms with E-state index in [1.54, 1.807) is 12.4 Å². The monoisotopic (exact) mass is 306 g/mol. The van der Waals surface area contributed by atoms with E-state index >= 15 is 0 Å². The van der Waals surface area contributed by atoms with Crippen LogP contribution in [0.4, 0.5) is 0 Å². The van der Waals surface area contributed by atoms with Crippen LogP contribution in [0.5, 0.6) is 5.75 Å². The maximum absolute atomic E-state index is 6.39. The van der Waals surface area contributed by atoms with Gasteiger partial charge in [0.2, 0.25) is 0 Å². The standard InChI is InChI=1S/C15H22N4OS/c1-9(2)20-11-6-10(7-17-8-11)12(16)13-14(15(3,4)5)18-19-21-13/h6-9,12H,16H2,1-5H3. The van der Waals surface area contributed by atoms with Crippen LogP contribution in [0.25, 0.3) is 0 Å². The number of pyridine rings is 1.